The van der Waals surface area contributed by atoms with Crippen LogP contribution in [0.5, 0.6) is 5.75 Å². The summed E-state index contributed by atoms with van der Waals surface area (Å²) in [5.74, 6) is -0.733. The molecule has 0 aromatic heterocycles. The Hall–Kier alpha value is -1.55. The molecular formula is C12H16O4. The molecule has 0 aliphatic heterocycles. The fourth-order valence-electron chi connectivity index (χ4n) is 1.24. The maximum absolute atomic E-state index is 10.9. The summed E-state index contributed by atoms with van der Waals surface area (Å²) in [5, 5.41) is 8.96. The highest BCUT2D eigenvalue weighted by Crippen LogP contribution is 2.23. The van der Waals surface area contributed by atoms with Crippen molar-refractivity contribution in [3.63, 3.8) is 0 Å². The molecule has 0 saturated carbocycles. The number of carbonyl (C=O) groups is 1. The first kappa shape index (κ1) is 12.5. The molecule has 0 unspecified atom stereocenters. The number of aryl methyl sites for hydroxylation is 1. The molecular weight excluding hydrogens is 208 g/mol. The van der Waals surface area contributed by atoms with Crippen LogP contribution in [0.4, 0.5) is 0 Å². The van der Waals surface area contributed by atoms with Crippen molar-refractivity contribution in [2.45, 2.75) is 26.7 Å². The summed E-state index contributed by atoms with van der Waals surface area (Å²) in [4.78, 5) is 20.9. The van der Waals surface area contributed by atoms with Crippen molar-refractivity contribution >= 4 is 5.97 Å². The van der Waals surface area contributed by atoms with Crippen molar-refractivity contribution in [2.75, 3.05) is 6.61 Å². The predicted molar refractivity (Wildman–Crippen MR) is 59.6 cm³/mol. The van der Waals surface area contributed by atoms with Crippen molar-refractivity contribution in [1.82, 2.24) is 0 Å². The summed E-state index contributed by atoms with van der Waals surface area (Å²) >= 11 is 0. The van der Waals surface area contributed by atoms with Crippen LogP contribution in [0.1, 0.15) is 35.7 Å². The monoisotopic (exact) mass is 224 g/mol. The average Bonchev–Trinajstić information content (AvgIpc) is 2.25. The number of carboxylic acids is 1. The van der Waals surface area contributed by atoms with Gasteiger partial charge in [0.1, 0.15) is 5.56 Å². The molecule has 0 amide bonds. The van der Waals surface area contributed by atoms with Gasteiger partial charge >= 0.3 is 5.97 Å². The van der Waals surface area contributed by atoms with Gasteiger partial charge in [0.25, 0.3) is 0 Å². The average molecular weight is 224 g/mol. The number of carboxylic acid groups (broad SMARTS) is 1. The zero-order valence-corrected chi connectivity index (χ0v) is 9.53. The van der Waals surface area contributed by atoms with E-state index in [9.17, 15) is 4.79 Å². The molecule has 0 saturated heterocycles. The van der Waals surface area contributed by atoms with E-state index in [0.29, 0.717) is 6.61 Å². The number of aromatic carboxylic acids is 1. The zero-order chi connectivity index (χ0) is 12.0. The Balaban J connectivity index is 2.73. The summed E-state index contributed by atoms with van der Waals surface area (Å²) in [7, 11) is 0. The quantitative estimate of drug-likeness (QED) is 0.458. The molecule has 0 bridgehead atoms. The molecule has 1 aromatic rings. The van der Waals surface area contributed by atoms with Gasteiger partial charge in [0.15, 0.2) is 5.75 Å². The van der Waals surface area contributed by atoms with E-state index < -0.39 is 5.97 Å². The molecule has 0 radical (unpaired) electrons. The Kier molecular flexibility index (Phi) is 4.79. The number of hydrogen-bond acceptors (Lipinski definition) is 3. The Morgan fingerprint density at radius 1 is 1.44 bits per heavy atom. The fourth-order valence-corrected chi connectivity index (χ4v) is 1.24. The highest BCUT2D eigenvalue weighted by molar-refractivity contribution is 5.91. The van der Waals surface area contributed by atoms with E-state index in [1.165, 1.54) is 6.07 Å². The molecule has 16 heavy (non-hydrogen) atoms. The van der Waals surface area contributed by atoms with Crippen molar-refractivity contribution < 1.29 is 19.7 Å². The van der Waals surface area contributed by atoms with Crippen LogP contribution in [0.3, 0.4) is 0 Å². The third-order valence-corrected chi connectivity index (χ3v) is 2.17. The standard InChI is InChI=1S/C12H16O4/c1-3-4-8-15-16-11-9(2)6-5-7-10(11)12(13)14/h5-7H,3-4,8H2,1-2H3,(H,13,14). The van der Waals surface area contributed by atoms with E-state index in [2.05, 4.69) is 0 Å². The minimum Gasteiger partial charge on any atom is -0.478 e. The first-order valence-electron chi connectivity index (χ1n) is 5.29. The molecule has 0 spiro atoms. The van der Waals surface area contributed by atoms with Crippen LogP contribution in [0, 0.1) is 6.92 Å². The second-order valence-electron chi connectivity index (χ2n) is 3.52. The lowest BCUT2D eigenvalue weighted by molar-refractivity contribution is -0.207. The van der Waals surface area contributed by atoms with Gasteiger partial charge in [-0.2, -0.15) is 4.89 Å². The van der Waals surface area contributed by atoms with Gasteiger partial charge in [-0.05, 0) is 25.0 Å². The number of para-hydroxylation sites is 1. The number of hydrogen-bond donors (Lipinski definition) is 1. The molecule has 1 rings (SSSR count). The zero-order valence-electron chi connectivity index (χ0n) is 9.53. The largest absolute Gasteiger partial charge is 0.478 e. The highest BCUT2D eigenvalue weighted by atomic mass is 17.2. The van der Waals surface area contributed by atoms with Gasteiger partial charge in [-0.25, -0.2) is 4.79 Å². The smallest absolute Gasteiger partial charge is 0.339 e. The summed E-state index contributed by atoms with van der Waals surface area (Å²) < 4.78 is 0. The van der Waals surface area contributed by atoms with Crippen LogP contribution in [0.15, 0.2) is 18.2 Å². The van der Waals surface area contributed by atoms with Gasteiger partial charge in [0.2, 0.25) is 0 Å². The molecule has 4 nitrogen and oxygen atoms in total. The second kappa shape index (κ2) is 6.12. The maximum atomic E-state index is 10.9. The topological polar surface area (TPSA) is 55.8 Å². The maximum Gasteiger partial charge on any atom is 0.339 e. The van der Waals surface area contributed by atoms with Crippen LogP contribution < -0.4 is 4.89 Å². The highest BCUT2D eigenvalue weighted by Gasteiger charge is 2.14. The molecule has 0 aliphatic rings. The van der Waals surface area contributed by atoms with E-state index in [1.807, 2.05) is 6.92 Å². The summed E-state index contributed by atoms with van der Waals surface area (Å²) in [5.41, 5.74) is 0.868. The van der Waals surface area contributed by atoms with Crippen LogP contribution in [0.2, 0.25) is 0 Å². The van der Waals surface area contributed by atoms with Gasteiger partial charge in [-0.15, -0.1) is 0 Å². The molecule has 4 heteroatoms. The van der Waals surface area contributed by atoms with Crippen LogP contribution >= 0.6 is 0 Å². The summed E-state index contributed by atoms with van der Waals surface area (Å²) in [6.45, 7) is 4.29. The van der Waals surface area contributed by atoms with Crippen molar-refractivity contribution in [3.05, 3.63) is 29.3 Å². The number of rotatable bonds is 6. The third kappa shape index (κ3) is 3.24. The third-order valence-electron chi connectivity index (χ3n) is 2.17. The summed E-state index contributed by atoms with van der Waals surface area (Å²) in [6, 6.07) is 4.95. The minimum atomic E-state index is -1.02. The number of unbranched alkanes of at least 4 members (excludes halogenated alkanes) is 1. The lowest BCUT2D eigenvalue weighted by Crippen LogP contribution is -2.06. The molecule has 88 valence electrons. The molecule has 1 N–H and O–H groups in total. The second-order valence-corrected chi connectivity index (χ2v) is 3.52. The predicted octanol–water partition coefficient (Wildman–Crippen LogP) is 2.80. The van der Waals surface area contributed by atoms with Crippen LogP contribution in [-0.4, -0.2) is 17.7 Å². The first-order valence-corrected chi connectivity index (χ1v) is 5.29. The van der Waals surface area contributed by atoms with Crippen LogP contribution in [0.25, 0.3) is 0 Å². The molecule has 0 heterocycles. The first-order chi connectivity index (χ1) is 7.66. The Morgan fingerprint density at radius 2 is 2.19 bits per heavy atom. The van der Waals surface area contributed by atoms with E-state index in [-0.39, 0.29) is 11.3 Å². The Labute approximate surface area is 94.7 Å². The van der Waals surface area contributed by atoms with Crippen molar-refractivity contribution in [3.8, 4) is 5.75 Å². The van der Waals surface area contributed by atoms with Gasteiger partial charge in [-0.1, -0.05) is 25.5 Å². The van der Waals surface area contributed by atoms with Gasteiger partial charge in [0.05, 0.1) is 6.61 Å². The van der Waals surface area contributed by atoms with E-state index in [0.717, 1.165) is 18.4 Å². The van der Waals surface area contributed by atoms with Crippen molar-refractivity contribution in [1.29, 1.82) is 0 Å². The van der Waals surface area contributed by atoms with Crippen molar-refractivity contribution in [2.24, 2.45) is 0 Å². The van der Waals surface area contributed by atoms with E-state index in [4.69, 9.17) is 14.9 Å². The molecule has 0 atom stereocenters. The lowest BCUT2D eigenvalue weighted by atomic mass is 10.1. The van der Waals surface area contributed by atoms with Gasteiger partial charge < -0.3 is 9.99 Å². The van der Waals surface area contributed by atoms with E-state index >= 15 is 0 Å². The molecule has 0 fully saturated rings. The minimum absolute atomic E-state index is 0.122. The molecule has 1 aromatic carbocycles. The Bertz CT molecular complexity index is 360. The van der Waals surface area contributed by atoms with Gasteiger partial charge in [-0.3, -0.25) is 0 Å². The fraction of sp³-hybridized carbons (Fsp3) is 0.417. The summed E-state index contributed by atoms with van der Waals surface area (Å²) in [6.07, 6.45) is 1.89. The van der Waals surface area contributed by atoms with E-state index in [1.54, 1.807) is 19.1 Å². The Morgan fingerprint density at radius 3 is 2.81 bits per heavy atom. The lowest BCUT2D eigenvalue weighted by Gasteiger charge is -2.09. The number of benzene rings is 1. The molecule has 0 aliphatic carbocycles. The van der Waals surface area contributed by atoms with Crippen LogP contribution in [-0.2, 0) is 4.89 Å². The normalized spacial score (nSPS) is 10.1. The van der Waals surface area contributed by atoms with Gasteiger partial charge in [0, 0.05) is 0 Å². The SMILES string of the molecule is CCCCOOc1c(C)cccc1C(=O)O.